The van der Waals surface area contributed by atoms with E-state index in [1.807, 2.05) is 12.1 Å². The van der Waals surface area contributed by atoms with Crippen LogP contribution in [0.15, 0.2) is 24.3 Å². The summed E-state index contributed by atoms with van der Waals surface area (Å²) in [5.41, 5.74) is 6.84. The first-order valence-corrected chi connectivity index (χ1v) is 6.01. The van der Waals surface area contributed by atoms with Crippen molar-refractivity contribution in [2.45, 2.75) is 37.8 Å². The third-order valence-electron chi connectivity index (χ3n) is 3.30. The lowest BCUT2D eigenvalue weighted by molar-refractivity contribution is 0.444. The van der Waals surface area contributed by atoms with Crippen LogP contribution in [0.2, 0.25) is 0 Å². The molecule has 88 valence electrons. The third-order valence-corrected chi connectivity index (χ3v) is 3.30. The topological polar surface area (TPSA) is 38.0 Å². The van der Waals surface area contributed by atoms with Crippen LogP contribution in [0.25, 0.3) is 0 Å². The molecule has 1 aromatic carbocycles. The predicted molar refractivity (Wildman–Crippen MR) is 63.6 cm³/mol. The van der Waals surface area contributed by atoms with Gasteiger partial charge in [-0.2, -0.15) is 0 Å². The molecule has 1 aromatic rings. The molecule has 1 fully saturated rings. The maximum absolute atomic E-state index is 12.8. The molecule has 0 aromatic heterocycles. The van der Waals surface area contributed by atoms with E-state index in [1.54, 1.807) is 0 Å². The third kappa shape index (κ3) is 2.80. The lowest BCUT2D eigenvalue weighted by atomic mass is 10.1. The van der Waals surface area contributed by atoms with Gasteiger partial charge < -0.3 is 11.1 Å². The Hall–Kier alpha value is -0.930. The van der Waals surface area contributed by atoms with E-state index in [4.69, 9.17) is 5.73 Å². The van der Waals surface area contributed by atoms with Gasteiger partial charge >= 0.3 is 0 Å². The minimum absolute atomic E-state index is 0.156. The summed E-state index contributed by atoms with van der Waals surface area (Å²) < 4.78 is 12.8. The van der Waals surface area contributed by atoms with Gasteiger partial charge in [-0.15, -0.1) is 0 Å². The molecule has 0 aliphatic heterocycles. The maximum atomic E-state index is 12.8. The van der Waals surface area contributed by atoms with Crippen LogP contribution in [0.3, 0.4) is 0 Å². The highest BCUT2D eigenvalue weighted by Gasteiger charge is 2.19. The Balaban J connectivity index is 2.00. The molecule has 2 nitrogen and oxygen atoms in total. The van der Waals surface area contributed by atoms with E-state index in [0.29, 0.717) is 12.6 Å². The molecule has 3 heteroatoms. The molecule has 2 rings (SSSR count). The van der Waals surface area contributed by atoms with Crippen LogP contribution in [0.1, 0.15) is 37.3 Å². The average molecular weight is 222 g/mol. The number of rotatable bonds is 4. The van der Waals surface area contributed by atoms with Crippen LogP contribution in [0.4, 0.5) is 4.39 Å². The summed E-state index contributed by atoms with van der Waals surface area (Å²) in [7, 11) is 0. The first-order valence-electron chi connectivity index (χ1n) is 6.01. The van der Waals surface area contributed by atoms with Crippen molar-refractivity contribution >= 4 is 0 Å². The van der Waals surface area contributed by atoms with Crippen molar-refractivity contribution in [3.8, 4) is 0 Å². The fourth-order valence-corrected chi connectivity index (χ4v) is 2.37. The van der Waals surface area contributed by atoms with Crippen LogP contribution >= 0.6 is 0 Å². The standard InChI is InChI=1S/C13H19FN2/c14-11-7-5-10(6-8-11)13(9-15)16-12-3-1-2-4-12/h5-8,12-13,16H,1-4,9,15H2. The van der Waals surface area contributed by atoms with E-state index in [0.717, 1.165) is 5.56 Å². The van der Waals surface area contributed by atoms with E-state index in [9.17, 15) is 4.39 Å². The Labute approximate surface area is 96.0 Å². The Bertz CT molecular complexity index is 317. The van der Waals surface area contributed by atoms with Gasteiger partial charge in [-0.1, -0.05) is 25.0 Å². The molecular formula is C13H19FN2. The molecule has 0 radical (unpaired) electrons. The lowest BCUT2D eigenvalue weighted by Crippen LogP contribution is -2.35. The number of benzene rings is 1. The highest BCUT2D eigenvalue weighted by Crippen LogP contribution is 2.21. The number of nitrogens with two attached hydrogens (primary N) is 1. The van der Waals surface area contributed by atoms with E-state index >= 15 is 0 Å². The molecule has 1 saturated carbocycles. The first-order chi connectivity index (χ1) is 7.79. The molecule has 1 aliphatic carbocycles. The summed E-state index contributed by atoms with van der Waals surface area (Å²) in [6.45, 7) is 0.558. The minimum Gasteiger partial charge on any atom is -0.329 e. The Morgan fingerprint density at radius 3 is 2.44 bits per heavy atom. The van der Waals surface area contributed by atoms with Gasteiger partial charge in [0.1, 0.15) is 5.82 Å². The highest BCUT2D eigenvalue weighted by molar-refractivity contribution is 5.20. The van der Waals surface area contributed by atoms with Crippen LogP contribution in [-0.2, 0) is 0 Å². The van der Waals surface area contributed by atoms with Gasteiger partial charge in [-0.3, -0.25) is 0 Å². The Kier molecular flexibility index (Phi) is 3.91. The molecule has 0 amide bonds. The second-order valence-corrected chi connectivity index (χ2v) is 4.49. The zero-order valence-corrected chi connectivity index (χ0v) is 9.45. The van der Waals surface area contributed by atoms with Crippen molar-refractivity contribution in [3.05, 3.63) is 35.6 Å². The largest absolute Gasteiger partial charge is 0.329 e. The van der Waals surface area contributed by atoms with E-state index in [1.165, 1.54) is 37.8 Å². The van der Waals surface area contributed by atoms with Crippen molar-refractivity contribution in [3.63, 3.8) is 0 Å². The van der Waals surface area contributed by atoms with Crippen molar-refractivity contribution < 1.29 is 4.39 Å². The molecule has 0 heterocycles. The summed E-state index contributed by atoms with van der Waals surface area (Å²) >= 11 is 0. The normalized spacial score (nSPS) is 18.9. The van der Waals surface area contributed by atoms with Gasteiger partial charge in [0.2, 0.25) is 0 Å². The molecule has 16 heavy (non-hydrogen) atoms. The molecule has 1 aliphatic rings. The Morgan fingerprint density at radius 1 is 1.25 bits per heavy atom. The van der Waals surface area contributed by atoms with Gasteiger partial charge in [-0.25, -0.2) is 4.39 Å². The molecule has 0 saturated heterocycles. The molecule has 3 N–H and O–H groups in total. The van der Waals surface area contributed by atoms with Crippen molar-refractivity contribution in [2.24, 2.45) is 5.73 Å². The Morgan fingerprint density at radius 2 is 1.88 bits per heavy atom. The smallest absolute Gasteiger partial charge is 0.123 e. The van der Waals surface area contributed by atoms with Crippen LogP contribution in [0.5, 0.6) is 0 Å². The van der Waals surface area contributed by atoms with Gasteiger partial charge in [0.15, 0.2) is 0 Å². The van der Waals surface area contributed by atoms with E-state index in [2.05, 4.69) is 5.32 Å². The van der Waals surface area contributed by atoms with Gasteiger partial charge in [0.25, 0.3) is 0 Å². The summed E-state index contributed by atoms with van der Waals surface area (Å²) in [5.74, 6) is -0.194. The SMILES string of the molecule is NCC(NC1CCCC1)c1ccc(F)cc1. The first kappa shape index (κ1) is 11.6. The number of hydrogen-bond donors (Lipinski definition) is 2. The number of halogens is 1. The summed E-state index contributed by atoms with van der Waals surface area (Å²) in [5, 5.41) is 3.55. The quantitative estimate of drug-likeness (QED) is 0.820. The molecule has 0 spiro atoms. The zero-order valence-electron chi connectivity index (χ0n) is 9.45. The maximum Gasteiger partial charge on any atom is 0.123 e. The molecule has 1 atom stereocenters. The second-order valence-electron chi connectivity index (χ2n) is 4.49. The summed E-state index contributed by atoms with van der Waals surface area (Å²) in [6, 6.07) is 7.36. The lowest BCUT2D eigenvalue weighted by Gasteiger charge is -2.22. The summed E-state index contributed by atoms with van der Waals surface area (Å²) in [6.07, 6.45) is 5.08. The fourth-order valence-electron chi connectivity index (χ4n) is 2.37. The highest BCUT2D eigenvalue weighted by atomic mass is 19.1. The monoisotopic (exact) mass is 222 g/mol. The summed E-state index contributed by atoms with van der Waals surface area (Å²) in [4.78, 5) is 0. The van der Waals surface area contributed by atoms with Crippen LogP contribution < -0.4 is 11.1 Å². The van der Waals surface area contributed by atoms with Crippen LogP contribution in [0, 0.1) is 5.82 Å². The van der Waals surface area contributed by atoms with E-state index < -0.39 is 0 Å². The number of nitrogens with one attached hydrogen (secondary N) is 1. The molecule has 1 unspecified atom stereocenters. The van der Waals surface area contributed by atoms with E-state index in [-0.39, 0.29) is 11.9 Å². The van der Waals surface area contributed by atoms with Gasteiger partial charge in [-0.05, 0) is 30.5 Å². The van der Waals surface area contributed by atoms with Crippen LogP contribution in [-0.4, -0.2) is 12.6 Å². The number of hydrogen-bond acceptors (Lipinski definition) is 2. The fraction of sp³-hybridized carbons (Fsp3) is 0.538. The predicted octanol–water partition coefficient (Wildman–Crippen LogP) is 2.36. The molecular weight excluding hydrogens is 203 g/mol. The second kappa shape index (κ2) is 5.41. The average Bonchev–Trinajstić information content (AvgIpc) is 2.80. The zero-order chi connectivity index (χ0) is 11.4. The van der Waals surface area contributed by atoms with Crippen molar-refractivity contribution in [1.82, 2.24) is 5.32 Å². The van der Waals surface area contributed by atoms with Crippen molar-refractivity contribution in [1.29, 1.82) is 0 Å². The minimum atomic E-state index is -0.194. The van der Waals surface area contributed by atoms with Gasteiger partial charge in [0, 0.05) is 18.6 Å². The van der Waals surface area contributed by atoms with Gasteiger partial charge in [0.05, 0.1) is 0 Å². The van der Waals surface area contributed by atoms with Crippen molar-refractivity contribution in [2.75, 3.05) is 6.54 Å². The molecule has 0 bridgehead atoms.